The Morgan fingerprint density at radius 2 is 1.59 bits per heavy atom. The third kappa shape index (κ3) is 2.09. The highest BCUT2D eigenvalue weighted by Gasteiger charge is 2.05. The Hall–Kier alpha value is -2.87. The lowest BCUT2D eigenvalue weighted by molar-refractivity contribution is 0.414. The Morgan fingerprint density at radius 1 is 0.773 bits per heavy atom. The third-order valence-corrected chi connectivity index (χ3v) is 4.01. The number of ether oxygens (including phenoxy) is 1. The molecule has 0 atom stereocenters. The predicted octanol–water partition coefficient (Wildman–Crippen LogP) is 5.06. The Morgan fingerprint density at radius 3 is 2.50 bits per heavy atom. The van der Waals surface area contributed by atoms with E-state index in [0.29, 0.717) is 0 Å². The van der Waals surface area contributed by atoms with Crippen molar-refractivity contribution in [2.24, 2.45) is 0 Å². The minimum Gasteiger partial charge on any atom is -0.497 e. The highest BCUT2D eigenvalue weighted by atomic mass is 16.5. The van der Waals surface area contributed by atoms with E-state index >= 15 is 0 Å². The fourth-order valence-electron chi connectivity index (χ4n) is 2.87. The number of hydrogen-bond donors (Lipinski definition) is 0. The fraction of sp³-hybridized carbons (Fsp3) is 0.0500. The highest BCUT2D eigenvalue weighted by molar-refractivity contribution is 6.08. The average molecular weight is 285 g/mol. The first-order valence-corrected chi connectivity index (χ1v) is 7.27. The lowest BCUT2D eigenvalue weighted by atomic mass is 9.99. The quantitative estimate of drug-likeness (QED) is 0.480. The topological polar surface area (TPSA) is 22.1 Å². The van der Waals surface area contributed by atoms with Gasteiger partial charge in [-0.1, -0.05) is 48.5 Å². The molecule has 1 heterocycles. The van der Waals surface area contributed by atoms with Crippen molar-refractivity contribution in [3.63, 3.8) is 0 Å². The molecule has 0 amide bonds. The van der Waals surface area contributed by atoms with Crippen molar-refractivity contribution in [3.05, 3.63) is 72.9 Å². The number of nitrogens with zero attached hydrogens (tertiary/aromatic N) is 1. The lowest BCUT2D eigenvalue weighted by Gasteiger charge is -2.07. The SMILES string of the molecule is COc1ccnc(-c2ccc3c(ccc4ccccc43)c2)c1. The minimum atomic E-state index is 0.823. The molecule has 1 aromatic heterocycles. The van der Waals surface area contributed by atoms with Crippen LogP contribution in [0, 0.1) is 0 Å². The first-order valence-electron chi connectivity index (χ1n) is 7.27. The summed E-state index contributed by atoms with van der Waals surface area (Å²) in [5.74, 6) is 0.823. The van der Waals surface area contributed by atoms with Crippen LogP contribution in [0.4, 0.5) is 0 Å². The van der Waals surface area contributed by atoms with Gasteiger partial charge >= 0.3 is 0 Å². The summed E-state index contributed by atoms with van der Waals surface area (Å²) in [4.78, 5) is 4.45. The standard InChI is InChI=1S/C20H15NO/c1-22-17-10-11-21-20(13-17)16-8-9-19-15(12-16)7-6-14-4-2-3-5-18(14)19/h2-13H,1H3. The third-order valence-electron chi connectivity index (χ3n) is 4.01. The summed E-state index contributed by atoms with van der Waals surface area (Å²) in [5.41, 5.74) is 2.02. The van der Waals surface area contributed by atoms with E-state index in [0.717, 1.165) is 17.0 Å². The number of rotatable bonds is 2. The molecule has 0 aliphatic carbocycles. The molecule has 106 valence electrons. The molecule has 0 bridgehead atoms. The zero-order valence-corrected chi connectivity index (χ0v) is 12.3. The Bertz CT molecular complexity index is 975. The van der Waals surface area contributed by atoms with E-state index in [1.165, 1.54) is 21.5 Å². The van der Waals surface area contributed by atoms with Crippen LogP contribution in [0.5, 0.6) is 5.75 Å². The van der Waals surface area contributed by atoms with Crippen molar-refractivity contribution in [2.75, 3.05) is 7.11 Å². The van der Waals surface area contributed by atoms with E-state index < -0.39 is 0 Å². The Balaban J connectivity index is 1.92. The molecule has 4 rings (SSSR count). The van der Waals surface area contributed by atoms with Crippen LogP contribution in [0.25, 0.3) is 32.8 Å². The van der Waals surface area contributed by atoms with Crippen molar-refractivity contribution in [1.29, 1.82) is 0 Å². The maximum absolute atomic E-state index is 5.28. The summed E-state index contributed by atoms with van der Waals surface area (Å²) in [6, 6.07) is 23.1. The second kappa shape index (κ2) is 5.15. The second-order valence-electron chi connectivity index (χ2n) is 5.30. The summed E-state index contributed by atoms with van der Waals surface area (Å²) < 4.78 is 5.28. The first kappa shape index (κ1) is 12.8. The van der Waals surface area contributed by atoms with Gasteiger partial charge in [-0.15, -0.1) is 0 Å². The van der Waals surface area contributed by atoms with Gasteiger partial charge in [-0.25, -0.2) is 0 Å². The molecule has 0 spiro atoms. The maximum Gasteiger partial charge on any atom is 0.122 e. The van der Waals surface area contributed by atoms with E-state index in [1.807, 2.05) is 12.1 Å². The second-order valence-corrected chi connectivity index (χ2v) is 5.30. The van der Waals surface area contributed by atoms with Crippen LogP contribution in [-0.2, 0) is 0 Å². The predicted molar refractivity (Wildman–Crippen MR) is 91.2 cm³/mol. The first-order chi connectivity index (χ1) is 10.8. The molecule has 2 nitrogen and oxygen atoms in total. The van der Waals surface area contributed by atoms with Gasteiger partial charge in [0.15, 0.2) is 0 Å². The van der Waals surface area contributed by atoms with E-state index in [-0.39, 0.29) is 0 Å². The molecular formula is C20H15NO. The molecule has 22 heavy (non-hydrogen) atoms. The fourth-order valence-corrected chi connectivity index (χ4v) is 2.87. The monoisotopic (exact) mass is 285 g/mol. The van der Waals surface area contributed by atoms with Crippen molar-refractivity contribution in [3.8, 4) is 17.0 Å². The number of pyridine rings is 1. The minimum absolute atomic E-state index is 0.823. The van der Waals surface area contributed by atoms with Crippen LogP contribution in [0.15, 0.2) is 72.9 Å². The summed E-state index contributed by atoms with van der Waals surface area (Å²) in [7, 11) is 1.67. The number of fused-ring (bicyclic) bond motifs is 3. The van der Waals surface area contributed by atoms with Gasteiger partial charge in [-0.3, -0.25) is 4.98 Å². The summed E-state index contributed by atoms with van der Waals surface area (Å²) in [5, 5.41) is 5.04. The Kier molecular flexibility index (Phi) is 3.01. The van der Waals surface area contributed by atoms with Gasteiger partial charge in [-0.05, 0) is 33.7 Å². The zero-order valence-electron chi connectivity index (χ0n) is 12.3. The summed E-state index contributed by atoms with van der Waals surface area (Å²) in [6.45, 7) is 0. The summed E-state index contributed by atoms with van der Waals surface area (Å²) in [6.07, 6.45) is 1.78. The molecule has 2 heteroatoms. The van der Waals surface area contributed by atoms with Crippen molar-refractivity contribution in [2.45, 2.75) is 0 Å². The number of aromatic nitrogens is 1. The molecule has 0 radical (unpaired) electrons. The molecule has 0 saturated carbocycles. The molecule has 4 aromatic rings. The van der Waals surface area contributed by atoms with Crippen LogP contribution in [-0.4, -0.2) is 12.1 Å². The molecule has 0 fully saturated rings. The van der Waals surface area contributed by atoms with Crippen LogP contribution in [0.2, 0.25) is 0 Å². The van der Waals surface area contributed by atoms with E-state index in [4.69, 9.17) is 4.74 Å². The van der Waals surface area contributed by atoms with Crippen molar-refractivity contribution in [1.82, 2.24) is 4.98 Å². The molecule has 3 aromatic carbocycles. The van der Waals surface area contributed by atoms with E-state index in [9.17, 15) is 0 Å². The zero-order chi connectivity index (χ0) is 14.9. The van der Waals surface area contributed by atoms with Gasteiger partial charge in [0.1, 0.15) is 5.75 Å². The highest BCUT2D eigenvalue weighted by Crippen LogP contribution is 2.29. The number of methoxy groups -OCH3 is 1. The molecule has 0 aliphatic rings. The van der Waals surface area contributed by atoms with Crippen molar-refractivity contribution < 1.29 is 4.74 Å². The maximum atomic E-state index is 5.28. The molecule has 0 N–H and O–H groups in total. The van der Waals surface area contributed by atoms with Gasteiger partial charge in [0.25, 0.3) is 0 Å². The van der Waals surface area contributed by atoms with Crippen LogP contribution >= 0.6 is 0 Å². The van der Waals surface area contributed by atoms with E-state index in [1.54, 1.807) is 13.3 Å². The number of benzene rings is 3. The molecular weight excluding hydrogens is 270 g/mol. The van der Waals surface area contributed by atoms with Crippen molar-refractivity contribution >= 4 is 21.5 Å². The largest absolute Gasteiger partial charge is 0.497 e. The molecule has 0 aliphatic heterocycles. The normalized spacial score (nSPS) is 11.0. The van der Waals surface area contributed by atoms with E-state index in [2.05, 4.69) is 59.6 Å². The van der Waals surface area contributed by atoms with Gasteiger partial charge in [0.2, 0.25) is 0 Å². The Labute approximate surface area is 129 Å². The average Bonchev–Trinajstić information content (AvgIpc) is 2.61. The molecule has 0 unspecified atom stereocenters. The van der Waals surface area contributed by atoms with Crippen LogP contribution in [0.1, 0.15) is 0 Å². The van der Waals surface area contributed by atoms with Gasteiger partial charge in [0.05, 0.1) is 12.8 Å². The molecule has 0 saturated heterocycles. The van der Waals surface area contributed by atoms with Gasteiger partial charge in [0, 0.05) is 17.8 Å². The summed E-state index contributed by atoms with van der Waals surface area (Å²) >= 11 is 0. The smallest absolute Gasteiger partial charge is 0.122 e. The van der Waals surface area contributed by atoms with Gasteiger partial charge < -0.3 is 4.74 Å². The van der Waals surface area contributed by atoms with Gasteiger partial charge in [-0.2, -0.15) is 0 Å². The lowest BCUT2D eigenvalue weighted by Crippen LogP contribution is -1.87. The van der Waals surface area contributed by atoms with Crippen LogP contribution < -0.4 is 4.74 Å². The number of hydrogen-bond acceptors (Lipinski definition) is 2. The van der Waals surface area contributed by atoms with Crippen LogP contribution in [0.3, 0.4) is 0 Å².